The lowest BCUT2D eigenvalue weighted by molar-refractivity contribution is -0.126. The molecule has 3 aromatic rings. The van der Waals surface area contributed by atoms with E-state index in [9.17, 15) is 19.1 Å². The van der Waals surface area contributed by atoms with Gasteiger partial charge in [-0.15, -0.1) is 0 Å². The van der Waals surface area contributed by atoms with Gasteiger partial charge >= 0.3 is 6.03 Å². The van der Waals surface area contributed by atoms with Gasteiger partial charge in [0.15, 0.2) is 0 Å². The van der Waals surface area contributed by atoms with Crippen molar-refractivity contribution in [1.29, 1.82) is 0 Å². The molecular weight excluding hydrogens is 543 g/mol. The molecule has 212 valence electrons. The number of benzene rings is 1. The van der Waals surface area contributed by atoms with Gasteiger partial charge in [-0.2, -0.15) is 0 Å². The lowest BCUT2D eigenvalue weighted by Gasteiger charge is -2.25. The molecule has 40 heavy (non-hydrogen) atoms. The molecule has 11 nitrogen and oxygen atoms in total. The first kappa shape index (κ1) is 27.8. The average Bonchev–Trinajstić information content (AvgIpc) is 3.51. The number of aliphatic hydroxyl groups is 1. The van der Waals surface area contributed by atoms with Crippen molar-refractivity contribution in [2.45, 2.75) is 44.4 Å². The summed E-state index contributed by atoms with van der Waals surface area (Å²) in [6.45, 7) is 2.67. The van der Waals surface area contributed by atoms with Crippen LogP contribution in [0.1, 0.15) is 37.1 Å². The smallest absolute Gasteiger partial charge is 0.329 e. The quantitative estimate of drug-likeness (QED) is 0.356. The molecule has 13 heteroatoms. The van der Waals surface area contributed by atoms with E-state index in [0.29, 0.717) is 46.7 Å². The van der Waals surface area contributed by atoms with Crippen molar-refractivity contribution in [3.8, 4) is 17.0 Å². The number of rotatable bonds is 9. The topological polar surface area (TPSA) is 131 Å². The maximum atomic E-state index is 14.0. The van der Waals surface area contributed by atoms with E-state index in [1.54, 1.807) is 13.1 Å². The van der Waals surface area contributed by atoms with E-state index in [0.717, 1.165) is 12.8 Å². The van der Waals surface area contributed by atoms with Crippen LogP contribution >= 0.6 is 11.6 Å². The number of amides is 2. The zero-order valence-corrected chi connectivity index (χ0v) is 22.8. The second-order valence-electron chi connectivity index (χ2n) is 9.77. The van der Waals surface area contributed by atoms with Crippen LogP contribution in [-0.2, 0) is 16.1 Å². The summed E-state index contributed by atoms with van der Waals surface area (Å²) in [5.41, 5.74) is 2.16. The number of anilines is 1. The fourth-order valence-electron chi connectivity index (χ4n) is 4.86. The molecule has 2 aliphatic rings. The SMILES string of the molecule is COc1cc(F)cc([C@@H](CO)NC(=O)[C@@H](C)N2Cc3cc(-c4nc(NC5CCOCC5)ncc4Cl)cn3C2=O)c1. The van der Waals surface area contributed by atoms with Crippen molar-refractivity contribution in [2.75, 3.05) is 32.2 Å². The highest BCUT2D eigenvalue weighted by molar-refractivity contribution is 6.32. The molecule has 0 aliphatic carbocycles. The summed E-state index contributed by atoms with van der Waals surface area (Å²) in [5.74, 6) is -0.347. The molecule has 0 saturated carbocycles. The second kappa shape index (κ2) is 11.8. The number of aliphatic hydroxyl groups excluding tert-OH is 1. The van der Waals surface area contributed by atoms with Gasteiger partial charge in [0.2, 0.25) is 11.9 Å². The van der Waals surface area contributed by atoms with Gasteiger partial charge in [0.25, 0.3) is 0 Å². The first-order chi connectivity index (χ1) is 19.3. The molecule has 3 N–H and O–H groups in total. The van der Waals surface area contributed by atoms with E-state index in [4.69, 9.17) is 21.1 Å². The number of hydrogen-bond acceptors (Lipinski definition) is 8. The Morgan fingerprint density at radius 2 is 2.08 bits per heavy atom. The maximum Gasteiger partial charge on any atom is 0.329 e. The second-order valence-corrected chi connectivity index (χ2v) is 10.2. The van der Waals surface area contributed by atoms with Gasteiger partial charge in [-0.25, -0.2) is 19.2 Å². The van der Waals surface area contributed by atoms with E-state index in [1.807, 2.05) is 6.07 Å². The average molecular weight is 573 g/mol. The van der Waals surface area contributed by atoms with Crippen molar-refractivity contribution >= 4 is 29.5 Å². The number of methoxy groups -OCH3 is 1. The van der Waals surface area contributed by atoms with Gasteiger partial charge in [-0.3, -0.25) is 9.36 Å². The molecule has 5 rings (SSSR count). The van der Waals surface area contributed by atoms with E-state index >= 15 is 0 Å². The first-order valence-electron chi connectivity index (χ1n) is 12.9. The minimum atomic E-state index is -0.883. The van der Waals surface area contributed by atoms with Gasteiger partial charge in [0.1, 0.15) is 17.6 Å². The predicted octanol–water partition coefficient (Wildman–Crippen LogP) is 3.36. The van der Waals surface area contributed by atoms with Gasteiger partial charge in [0.05, 0.1) is 43.2 Å². The predicted molar refractivity (Wildman–Crippen MR) is 145 cm³/mol. The molecule has 0 unspecified atom stereocenters. The molecule has 2 atom stereocenters. The number of fused-ring (bicyclic) bond motifs is 1. The Labute approximate surface area is 235 Å². The summed E-state index contributed by atoms with van der Waals surface area (Å²) in [6, 6.07) is 3.83. The molecule has 4 heterocycles. The molecule has 0 spiro atoms. The van der Waals surface area contributed by atoms with Crippen molar-refractivity contribution in [3.05, 3.63) is 58.8 Å². The minimum absolute atomic E-state index is 0.181. The summed E-state index contributed by atoms with van der Waals surface area (Å²) in [7, 11) is 1.40. The van der Waals surface area contributed by atoms with E-state index < -0.39 is 30.4 Å². The molecule has 2 aromatic heterocycles. The Kier molecular flexibility index (Phi) is 8.19. The number of hydrogen-bond donors (Lipinski definition) is 3. The molecule has 0 radical (unpaired) electrons. The summed E-state index contributed by atoms with van der Waals surface area (Å²) < 4.78 is 25.9. The van der Waals surface area contributed by atoms with Crippen LogP contribution in [0, 0.1) is 5.82 Å². The molecule has 2 amide bonds. The third kappa shape index (κ3) is 5.74. The van der Waals surface area contributed by atoms with Gasteiger partial charge < -0.3 is 30.1 Å². The van der Waals surface area contributed by atoms with Crippen molar-refractivity contribution in [1.82, 2.24) is 24.8 Å². The van der Waals surface area contributed by atoms with Gasteiger partial charge in [0, 0.05) is 42.8 Å². The minimum Gasteiger partial charge on any atom is -0.497 e. The number of carbonyl (C=O) groups is 2. The largest absolute Gasteiger partial charge is 0.497 e. The molecular formula is C27H30ClFN6O5. The number of halogens is 2. The van der Waals surface area contributed by atoms with Crippen LogP contribution in [0.25, 0.3) is 11.3 Å². The first-order valence-corrected chi connectivity index (χ1v) is 13.3. The van der Waals surface area contributed by atoms with Gasteiger partial charge in [-0.1, -0.05) is 11.6 Å². The Balaban J connectivity index is 1.28. The highest BCUT2D eigenvalue weighted by Crippen LogP contribution is 2.32. The third-order valence-electron chi connectivity index (χ3n) is 7.13. The number of nitrogens with zero attached hydrogens (tertiary/aromatic N) is 4. The number of carbonyl (C=O) groups excluding carboxylic acids is 2. The molecule has 1 aromatic carbocycles. The molecule has 1 saturated heterocycles. The van der Waals surface area contributed by atoms with Crippen molar-refractivity contribution in [3.63, 3.8) is 0 Å². The monoisotopic (exact) mass is 572 g/mol. The fraction of sp³-hybridized carbons (Fsp3) is 0.407. The van der Waals surface area contributed by atoms with Crippen LogP contribution in [0.15, 0.2) is 36.7 Å². The van der Waals surface area contributed by atoms with Crippen molar-refractivity contribution < 1.29 is 28.6 Å². The zero-order valence-electron chi connectivity index (χ0n) is 22.1. The van der Waals surface area contributed by atoms with Crippen molar-refractivity contribution in [2.24, 2.45) is 0 Å². The summed E-state index contributed by atoms with van der Waals surface area (Å²) in [6.07, 6.45) is 4.88. The Bertz CT molecular complexity index is 1410. The van der Waals surface area contributed by atoms with E-state index in [1.165, 1.54) is 41.0 Å². The van der Waals surface area contributed by atoms with E-state index in [2.05, 4.69) is 20.6 Å². The molecule has 0 bridgehead atoms. The lowest BCUT2D eigenvalue weighted by atomic mass is 10.1. The molecule has 1 fully saturated rings. The third-order valence-corrected chi connectivity index (χ3v) is 7.41. The Morgan fingerprint density at radius 3 is 2.77 bits per heavy atom. The van der Waals surface area contributed by atoms with Crippen LogP contribution in [0.2, 0.25) is 5.02 Å². The van der Waals surface area contributed by atoms with Crippen LogP contribution in [-0.4, -0.2) is 75.5 Å². The van der Waals surface area contributed by atoms with Gasteiger partial charge in [-0.05, 0) is 43.5 Å². The summed E-state index contributed by atoms with van der Waals surface area (Å²) in [5, 5.41) is 16.2. The highest BCUT2D eigenvalue weighted by Gasteiger charge is 2.35. The standard InChI is InChI=1S/C27H30ClFN6O5/c1-15(25(37)32-23(14-36)16-7-18(29)10-21(9-16)39-2)34-13-20-8-17(12-35(20)27(34)38)24-22(28)11-30-26(33-24)31-19-3-5-40-6-4-19/h7-12,15,19,23,36H,3-6,13-14H2,1-2H3,(H,32,37)(H,30,31,33)/t15-,23-/m1/s1. The van der Waals surface area contributed by atoms with E-state index in [-0.39, 0.29) is 24.4 Å². The normalized spacial score (nSPS) is 16.9. The van der Waals surface area contributed by atoms with Crippen LogP contribution in [0.3, 0.4) is 0 Å². The number of aromatic nitrogens is 3. The maximum absolute atomic E-state index is 14.0. The van der Waals surface area contributed by atoms with Crippen LogP contribution < -0.4 is 15.4 Å². The fourth-order valence-corrected chi connectivity index (χ4v) is 5.06. The number of ether oxygens (including phenoxy) is 2. The zero-order chi connectivity index (χ0) is 28.4. The highest BCUT2D eigenvalue weighted by atomic mass is 35.5. The van der Waals surface area contributed by atoms with Crippen LogP contribution in [0.5, 0.6) is 5.75 Å². The summed E-state index contributed by atoms with van der Waals surface area (Å²) in [4.78, 5) is 36.6. The summed E-state index contributed by atoms with van der Waals surface area (Å²) >= 11 is 6.41. The Hall–Kier alpha value is -3.74. The molecule has 2 aliphatic heterocycles. The van der Waals surface area contributed by atoms with Crippen LogP contribution in [0.4, 0.5) is 15.1 Å². The number of nitrogens with one attached hydrogen (secondary N) is 2. The Morgan fingerprint density at radius 1 is 1.30 bits per heavy atom. The lowest BCUT2D eigenvalue weighted by Crippen LogP contribution is -2.47.